The molecular formula is C13H18ClNOS2. The second-order valence-electron chi connectivity index (χ2n) is 4.81. The molecule has 0 bridgehead atoms. The summed E-state index contributed by atoms with van der Waals surface area (Å²) >= 11 is 12.8. The molecule has 0 aliphatic heterocycles. The quantitative estimate of drug-likeness (QED) is 0.661. The standard InChI is InChI=1S/C13H18ClNOS2/c1-13(2,3)18-7-6-16-11-8-9(14)4-5-10(11)12(15)17/h4-5,8H,6-7H2,1-3H3,(H2,15,17). The van der Waals surface area contributed by atoms with Gasteiger partial charge in [0.2, 0.25) is 0 Å². The van der Waals surface area contributed by atoms with Crippen molar-refractivity contribution in [3.8, 4) is 5.75 Å². The van der Waals surface area contributed by atoms with Crippen LogP contribution in [-0.4, -0.2) is 22.1 Å². The van der Waals surface area contributed by atoms with Crippen molar-refractivity contribution in [1.82, 2.24) is 0 Å². The zero-order valence-electron chi connectivity index (χ0n) is 10.8. The Bertz CT molecular complexity index is 429. The Hall–Kier alpha value is -0.450. The third kappa shape index (κ3) is 5.46. The highest BCUT2D eigenvalue weighted by atomic mass is 35.5. The van der Waals surface area contributed by atoms with Gasteiger partial charge in [-0.25, -0.2) is 0 Å². The molecule has 0 atom stereocenters. The fourth-order valence-corrected chi connectivity index (χ4v) is 2.43. The molecule has 0 unspecified atom stereocenters. The Labute approximate surface area is 123 Å². The molecule has 0 aromatic heterocycles. The molecule has 0 saturated carbocycles. The number of rotatable bonds is 5. The fourth-order valence-electron chi connectivity index (χ4n) is 1.32. The van der Waals surface area contributed by atoms with Crippen molar-refractivity contribution in [3.05, 3.63) is 28.8 Å². The smallest absolute Gasteiger partial charge is 0.130 e. The molecule has 18 heavy (non-hydrogen) atoms. The molecule has 100 valence electrons. The fraction of sp³-hybridized carbons (Fsp3) is 0.462. The van der Waals surface area contributed by atoms with Crippen LogP contribution in [0.5, 0.6) is 5.75 Å². The van der Waals surface area contributed by atoms with Gasteiger partial charge in [0.05, 0.1) is 12.2 Å². The predicted molar refractivity (Wildman–Crippen MR) is 85.0 cm³/mol. The highest BCUT2D eigenvalue weighted by molar-refractivity contribution is 8.00. The molecule has 1 aromatic carbocycles. The first-order chi connectivity index (χ1) is 8.29. The lowest BCUT2D eigenvalue weighted by molar-refractivity contribution is 0.343. The second kappa shape index (κ2) is 6.64. The number of nitrogens with two attached hydrogens (primary N) is 1. The van der Waals surface area contributed by atoms with E-state index in [0.29, 0.717) is 22.4 Å². The van der Waals surface area contributed by atoms with Crippen LogP contribution in [0.3, 0.4) is 0 Å². The second-order valence-corrected chi connectivity index (χ2v) is 7.61. The summed E-state index contributed by atoms with van der Waals surface area (Å²) in [4.78, 5) is 0.324. The highest BCUT2D eigenvalue weighted by Gasteiger charge is 2.11. The van der Waals surface area contributed by atoms with Gasteiger partial charge in [-0.2, -0.15) is 11.8 Å². The number of ether oxygens (including phenoxy) is 1. The van der Waals surface area contributed by atoms with E-state index >= 15 is 0 Å². The summed E-state index contributed by atoms with van der Waals surface area (Å²) in [7, 11) is 0. The number of thiocarbonyl (C=S) groups is 1. The molecule has 0 aliphatic rings. The third-order valence-electron chi connectivity index (χ3n) is 2.09. The predicted octanol–water partition coefficient (Wildman–Crippen LogP) is 3.88. The summed E-state index contributed by atoms with van der Waals surface area (Å²) in [6.45, 7) is 7.14. The van der Waals surface area contributed by atoms with Crippen LogP contribution in [0.25, 0.3) is 0 Å². The molecule has 2 nitrogen and oxygen atoms in total. The minimum atomic E-state index is 0.240. The SMILES string of the molecule is CC(C)(C)SCCOc1cc(Cl)ccc1C(N)=S. The van der Waals surface area contributed by atoms with Crippen molar-refractivity contribution in [1.29, 1.82) is 0 Å². The zero-order valence-corrected chi connectivity index (χ0v) is 13.2. The third-order valence-corrected chi connectivity index (χ3v) is 3.78. The van der Waals surface area contributed by atoms with E-state index in [4.69, 9.17) is 34.3 Å². The van der Waals surface area contributed by atoms with E-state index in [9.17, 15) is 0 Å². The normalized spacial score (nSPS) is 11.3. The maximum absolute atomic E-state index is 5.94. The first kappa shape index (κ1) is 15.6. The Morgan fingerprint density at radius 3 is 2.67 bits per heavy atom. The lowest BCUT2D eigenvalue weighted by Gasteiger charge is -2.18. The van der Waals surface area contributed by atoms with E-state index in [-0.39, 0.29) is 4.75 Å². The summed E-state index contributed by atoms with van der Waals surface area (Å²) in [6.07, 6.45) is 0. The lowest BCUT2D eigenvalue weighted by Crippen LogP contribution is -2.14. The van der Waals surface area contributed by atoms with Gasteiger partial charge in [-0.15, -0.1) is 0 Å². The maximum atomic E-state index is 5.94. The van der Waals surface area contributed by atoms with Gasteiger partial charge < -0.3 is 10.5 Å². The lowest BCUT2D eigenvalue weighted by atomic mass is 10.2. The van der Waals surface area contributed by atoms with Crippen molar-refractivity contribution in [2.45, 2.75) is 25.5 Å². The Morgan fingerprint density at radius 2 is 2.11 bits per heavy atom. The summed E-state index contributed by atoms with van der Waals surface area (Å²) in [5.74, 6) is 1.57. The summed E-state index contributed by atoms with van der Waals surface area (Å²) in [5, 5.41) is 0.619. The van der Waals surface area contributed by atoms with Crippen LogP contribution in [0, 0.1) is 0 Å². The molecule has 1 aromatic rings. The van der Waals surface area contributed by atoms with E-state index in [1.54, 1.807) is 18.2 Å². The van der Waals surface area contributed by atoms with E-state index in [1.165, 1.54) is 0 Å². The molecule has 5 heteroatoms. The average molecular weight is 304 g/mol. The van der Waals surface area contributed by atoms with E-state index in [1.807, 2.05) is 11.8 Å². The number of halogens is 1. The first-order valence-electron chi connectivity index (χ1n) is 5.66. The molecule has 2 N–H and O–H groups in total. The molecule has 0 saturated heterocycles. The minimum Gasteiger partial charge on any atom is -0.492 e. The topological polar surface area (TPSA) is 35.2 Å². The van der Waals surface area contributed by atoms with Gasteiger partial charge in [0.25, 0.3) is 0 Å². The number of hydrogen-bond acceptors (Lipinski definition) is 3. The number of hydrogen-bond donors (Lipinski definition) is 1. The maximum Gasteiger partial charge on any atom is 0.130 e. The largest absolute Gasteiger partial charge is 0.492 e. The van der Waals surface area contributed by atoms with E-state index in [0.717, 1.165) is 11.3 Å². The van der Waals surface area contributed by atoms with Crippen molar-refractivity contribution in [3.63, 3.8) is 0 Å². The van der Waals surface area contributed by atoms with E-state index in [2.05, 4.69) is 20.8 Å². The van der Waals surface area contributed by atoms with Crippen LogP contribution < -0.4 is 10.5 Å². The molecule has 0 heterocycles. The Balaban J connectivity index is 2.61. The van der Waals surface area contributed by atoms with Crippen molar-refractivity contribution < 1.29 is 4.74 Å². The summed E-state index contributed by atoms with van der Waals surface area (Å²) in [6, 6.07) is 5.29. The van der Waals surface area contributed by atoms with Gasteiger partial charge in [-0.05, 0) is 18.2 Å². The van der Waals surface area contributed by atoms with Gasteiger partial charge in [0.15, 0.2) is 0 Å². The molecule has 0 radical (unpaired) electrons. The van der Waals surface area contributed by atoms with Crippen molar-refractivity contribution in [2.24, 2.45) is 5.73 Å². The molecule has 1 rings (SSSR count). The van der Waals surface area contributed by atoms with Crippen LogP contribution in [0.1, 0.15) is 26.3 Å². The minimum absolute atomic E-state index is 0.240. The summed E-state index contributed by atoms with van der Waals surface area (Å²) < 4.78 is 5.94. The molecular weight excluding hydrogens is 286 g/mol. The molecule has 0 aliphatic carbocycles. The van der Waals surface area contributed by atoms with Gasteiger partial charge in [0.1, 0.15) is 10.7 Å². The van der Waals surface area contributed by atoms with Crippen LogP contribution in [0.4, 0.5) is 0 Å². The van der Waals surface area contributed by atoms with Crippen molar-refractivity contribution in [2.75, 3.05) is 12.4 Å². The van der Waals surface area contributed by atoms with Gasteiger partial charge in [-0.3, -0.25) is 0 Å². The highest BCUT2D eigenvalue weighted by Crippen LogP contribution is 2.25. The molecule has 0 spiro atoms. The molecule has 0 fully saturated rings. The average Bonchev–Trinajstić information content (AvgIpc) is 2.22. The van der Waals surface area contributed by atoms with Crippen LogP contribution >= 0.6 is 35.6 Å². The van der Waals surface area contributed by atoms with Crippen LogP contribution in [0.15, 0.2) is 18.2 Å². The zero-order chi connectivity index (χ0) is 13.8. The van der Waals surface area contributed by atoms with Gasteiger partial charge in [-0.1, -0.05) is 44.6 Å². The Morgan fingerprint density at radius 1 is 1.44 bits per heavy atom. The van der Waals surface area contributed by atoms with Gasteiger partial charge >= 0.3 is 0 Å². The van der Waals surface area contributed by atoms with Crippen LogP contribution in [-0.2, 0) is 0 Å². The summed E-state index contributed by atoms with van der Waals surface area (Å²) in [5.41, 5.74) is 6.37. The Kier molecular flexibility index (Phi) is 5.76. The molecule has 0 amide bonds. The monoisotopic (exact) mass is 303 g/mol. The van der Waals surface area contributed by atoms with Crippen LogP contribution in [0.2, 0.25) is 5.02 Å². The van der Waals surface area contributed by atoms with Gasteiger partial charge in [0, 0.05) is 15.5 Å². The first-order valence-corrected chi connectivity index (χ1v) is 7.43. The number of thioether (sulfide) groups is 1. The van der Waals surface area contributed by atoms with Crippen molar-refractivity contribution >= 4 is 40.6 Å². The van der Waals surface area contributed by atoms with E-state index < -0.39 is 0 Å². The number of benzene rings is 1.